The summed E-state index contributed by atoms with van der Waals surface area (Å²) in [5.41, 5.74) is 1.03. The highest BCUT2D eigenvalue weighted by atomic mass is 16.6. The molecule has 0 unspecified atom stereocenters. The first-order valence-corrected chi connectivity index (χ1v) is 5.89. The fourth-order valence-electron chi connectivity index (χ4n) is 1.93. The normalized spacial score (nSPS) is 10.6. The van der Waals surface area contributed by atoms with Crippen molar-refractivity contribution >= 4 is 22.5 Å². The molecule has 6 heteroatoms. The van der Waals surface area contributed by atoms with Gasteiger partial charge < -0.3 is 0 Å². The van der Waals surface area contributed by atoms with Crippen LogP contribution in [0.1, 0.15) is 10.4 Å². The Hall–Kier alpha value is -3.02. The van der Waals surface area contributed by atoms with Gasteiger partial charge in [0.15, 0.2) is 0 Å². The van der Waals surface area contributed by atoms with Gasteiger partial charge in [-0.2, -0.15) is 5.10 Å². The van der Waals surface area contributed by atoms with Crippen LogP contribution >= 0.6 is 0 Å². The van der Waals surface area contributed by atoms with Gasteiger partial charge in [0.2, 0.25) is 0 Å². The summed E-state index contributed by atoms with van der Waals surface area (Å²) in [7, 11) is 0. The van der Waals surface area contributed by atoms with Crippen LogP contribution in [0, 0.1) is 10.1 Å². The van der Waals surface area contributed by atoms with Gasteiger partial charge in [0.05, 0.1) is 10.4 Å². The van der Waals surface area contributed by atoms with Gasteiger partial charge in [-0.05, 0) is 18.2 Å². The van der Waals surface area contributed by atoms with Crippen molar-refractivity contribution in [1.29, 1.82) is 0 Å². The van der Waals surface area contributed by atoms with Crippen LogP contribution in [-0.4, -0.2) is 20.6 Å². The van der Waals surface area contributed by atoms with E-state index < -0.39 is 4.92 Å². The number of hydrogen-bond acceptors (Lipinski definition) is 4. The van der Waals surface area contributed by atoms with Crippen molar-refractivity contribution < 1.29 is 9.72 Å². The summed E-state index contributed by atoms with van der Waals surface area (Å²) in [6.45, 7) is 0. The molecule has 98 valence electrons. The number of non-ortho nitro benzene ring substituents is 1. The number of carbonyl (C=O) groups is 1. The number of nitro benzene ring substituents is 1. The zero-order valence-corrected chi connectivity index (χ0v) is 10.3. The minimum absolute atomic E-state index is 0.0489. The Labute approximate surface area is 113 Å². The van der Waals surface area contributed by atoms with Gasteiger partial charge in [-0.3, -0.25) is 14.9 Å². The van der Waals surface area contributed by atoms with E-state index in [1.807, 2.05) is 24.3 Å². The Bertz CT molecular complexity index is 773. The SMILES string of the molecule is O=C(c1ccc([N+](=O)[O-])cc1)n1cc2ccccc2n1. The lowest BCUT2D eigenvalue weighted by atomic mass is 10.2. The molecule has 2 aromatic carbocycles. The van der Waals surface area contributed by atoms with Gasteiger partial charge in [-0.25, -0.2) is 4.68 Å². The molecule has 1 heterocycles. The van der Waals surface area contributed by atoms with Crippen LogP contribution in [0.4, 0.5) is 5.69 Å². The molecule has 0 saturated heterocycles. The molecule has 0 atom stereocenters. The fraction of sp³-hybridized carbons (Fsp3) is 0. The molecule has 1 aromatic heterocycles. The van der Waals surface area contributed by atoms with E-state index in [0.29, 0.717) is 5.56 Å². The molecule has 0 N–H and O–H groups in total. The predicted molar refractivity (Wildman–Crippen MR) is 72.6 cm³/mol. The van der Waals surface area contributed by atoms with Crippen molar-refractivity contribution in [2.24, 2.45) is 0 Å². The number of nitrogens with zero attached hydrogens (tertiary/aromatic N) is 3. The van der Waals surface area contributed by atoms with Gasteiger partial charge in [0.1, 0.15) is 0 Å². The summed E-state index contributed by atoms with van der Waals surface area (Å²) in [5.74, 6) is -0.323. The van der Waals surface area contributed by atoms with Gasteiger partial charge in [-0.1, -0.05) is 18.2 Å². The summed E-state index contributed by atoms with van der Waals surface area (Å²) in [6.07, 6.45) is 1.64. The number of fused-ring (bicyclic) bond motifs is 1. The summed E-state index contributed by atoms with van der Waals surface area (Å²) < 4.78 is 1.24. The second kappa shape index (κ2) is 4.58. The van der Waals surface area contributed by atoms with E-state index in [0.717, 1.165) is 10.9 Å². The highest BCUT2D eigenvalue weighted by Crippen LogP contribution is 2.15. The van der Waals surface area contributed by atoms with Crippen LogP contribution in [0.15, 0.2) is 54.7 Å². The van der Waals surface area contributed by atoms with E-state index in [2.05, 4.69) is 5.10 Å². The molecule has 0 bridgehead atoms. The molecule has 20 heavy (non-hydrogen) atoms. The minimum Gasteiger partial charge on any atom is -0.267 e. The molecule has 3 rings (SSSR count). The maximum atomic E-state index is 12.2. The smallest absolute Gasteiger partial charge is 0.267 e. The van der Waals surface area contributed by atoms with Gasteiger partial charge in [0.25, 0.3) is 11.6 Å². The van der Waals surface area contributed by atoms with E-state index in [-0.39, 0.29) is 11.6 Å². The lowest BCUT2D eigenvalue weighted by molar-refractivity contribution is -0.384. The molecule has 0 aliphatic rings. The van der Waals surface area contributed by atoms with Crippen molar-refractivity contribution in [2.45, 2.75) is 0 Å². The van der Waals surface area contributed by atoms with E-state index in [9.17, 15) is 14.9 Å². The Morgan fingerprint density at radius 1 is 1.10 bits per heavy atom. The molecule has 3 aromatic rings. The maximum absolute atomic E-state index is 12.2. The molecule has 0 radical (unpaired) electrons. The molecular weight excluding hydrogens is 258 g/mol. The summed E-state index contributed by atoms with van der Waals surface area (Å²) >= 11 is 0. The van der Waals surface area contributed by atoms with Crippen LogP contribution in [0.25, 0.3) is 10.9 Å². The first-order chi connectivity index (χ1) is 9.65. The predicted octanol–water partition coefficient (Wildman–Crippen LogP) is 2.63. The average Bonchev–Trinajstić information content (AvgIpc) is 2.90. The van der Waals surface area contributed by atoms with Gasteiger partial charge in [-0.15, -0.1) is 0 Å². The molecule has 0 saturated carbocycles. The van der Waals surface area contributed by atoms with Crippen LogP contribution in [0.5, 0.6) is 0 Å². The largest absolute Gasteiger partial charge is 0.278 e. The maximum Gasteiger partial charge on any atom is 0.278 e. The summed E-state index contributed by atoms with van der Waals surface area (Å²) in [6, 6.07) is 12.8. The van der Waals surface area contributed by atoms with Crippen LogP contribution in [-0.2, 0) is 0 Å². The van der Waals surface area contributed by atoms with E-state index in [1.54, 1.807) is 6.20 Å². The Morgan fingerprint density at radius 3 is 2.45 bits per heavy atom. The Kier molecular flexibility index (Phi) is 2.76. The van der Waals surface area contributed by atoms with Crippen molar-refractivity contribution in [1.82, 2.24) is 9.78 Å². The number of nitro groups is 1. The summed E-state index contributed by atoms with van der Waals surface area (Å²) in [4.78, 5) is 22.3. The first-order valence-electron chi connectivity index (χ1n) is 5.89. The highest BCUT2D eigenvalue weighted by molar-refractivity contribution is 5.97. The number of hydrogen-bond donors (Lipinski definition) is 0. The lowest BCUT2D eigenvalue weighted by Crippen LogP contribution is -2.12. The third-order valence-corrected chi connectivity index (χ3v) is 2.95. The van der Waals surface area contributed by atoms with Crippen molar-refractivity contribution in [3.05, 3.63) is 70.4 Å². The second-order valence-electron chi connectivity index (χ2n) is 4.24. The molecule has 0 aliphatic carbocycles. The van der Waals surface area contributed by atoms with Crippen molar-refractivity contribution in [3.63, 3.8) is 0 Å². The van der Waals surface area contributed by atoms with E-state index in [1.165, 1.54) is 28.9 Å². The van der Waals surface area contributed by atoms with E-state index >= 15 is 0 Å². The van der Waals surface area contributed by atoms with Crippen molar-refractivity contribution in [3.8, 4) is 0 Å². The topological polar surface area (TPSA) is 78.0 Å². The lowest BCUT2D eigenvalue weighted by Gasteiger charge is -1.99. The number of aromatic nitrogens is 2. The zero-order chi connectivity index (χ0) is 14.1. The fourth-order valence-corrected chi connectivity index (χ4v) is 1.93. The molecule has 0 spiro atoms. The highest BCUT2D eigenvalue weighted by Gasteiger charge is 2.12. The Balaban J connectivity index is 1.97. The van der Waals surface area contributed by atoms with Crippen LogP contribution in [0.3, 0.4) is 0 Å². The molecule has 0 amide bonds. The van der Waals surface area contributed by atoms with Crippen LogP contribution in [0.2, 0.25) is 0 Å². The number of carbonyl (C=O) groups excluding carboxylic acids is 1. The van der Waals surface area contributed by atoms with Gasteiger partial charge >= 0.3 is 0 Å². The molecule has 0 fully saturated rings. The average molecular weight is 267 g/mol. The van der Waals surface area contributed by atoms with Gasteiger partial charge in [0, 0.05) is 29.3 Å². The first kappa shape index (κ1) is 12.0. The third kappa shape index (κ3) is 2.03. The molecule has 6 nitrogen and oxygen atoms in total. The third-order valence-electron chi connectivity index (χ3n) is 2.95. The molecular formula is C14H9N3O3. The molecule has 0 aliphatic heterocycles. The standard InChI is InChI=1S/C14H9N3O3/c18-14(10-5-7-12(8-6-10)17(19)20)16-9-11-3-1-2-4-13(11)15-16/h1-9H. The minimum atomic E-state index is -0.504. The Morgan fingerprint density at radius 2 is 1.80 bits per heavy atom. The van der Waals surface area contributed by atoms with Crippen molar-refractivity contribution in [2.75, 3.05) is 0 Å². The quantitative estimate of drug-likeness (QED) is 0.528. The summed E-state index contributed by atoms with van der Waals surface area (Å²) in [5, 5.41) is 15.6. The number of benzene rings is 2. The number of rotatable bonds is 2. The monoisotopic (exact) mass is 267 g/mol. The zero-order valence-electron chi connectivity index (χ0n) is 10.3. The van der Waals surface area contributed by atoms with Crippen LogP contribution < -0.4 is 0 Å². The second-order valence-corrected chi connectivity index (χ2v) is 4.24. The van der Waals surface area contributed by atoms with E-state index in [4.69, 9.17) is 0 Å².